The van der Waals surface area contributed by atoms with Gasteiger partial charge in [0.25, 0.3) is 0 Å². The molecular formula is C27H31ClF6N4O2S. The van der Waals surface area contributed by atoms with Crippen LogP contribution < -0.4 is 16.4 Å². The summed E-state index contributed by atoms with van der Waals surface area (Å²) in [6.07, 6.45) is -0.531. The lowest BCUT2D eigenvalue weighted by Gasteiger charge is -2.34. The molecule has 2 fully saturated rings. The second-order valence-corrected chi connectivity index (χ2v) is 11.7. The fraction of sp³-hybridized carbons (Fsp3) is 0.519. The van der Waals surface area contributed by atoms with Crippen molar-refractivity contribution < 1.29 is 35.9 Å². The van der Waals surface area contributed by atoms with Gasteiger partial charge in [0, 0.05) is 47.1 Å². The lowest BCUT2D eigenvalue weighted by molar-refractivity contribution is -0.140. The van der Waals surface area contributed by atoms with Crippen LogP contribution in [0.15, 0.2) is 41.3 Å². The number of amides is 1. The molecule has 1 amide bonds. The molecule has 0 unspecified atom stereocenters. The van der Waals surface area contributed by atoms with E-state index in [4.69, 9.17) is 22.1 Å². The van der Waals surface area contributed by atoms with E-state index in [1.807, 2.05) is 0 Å². The Balaban J connectivity index is 1.15. The number of nitrogens with one attached hydrogen (secondary N) is 2. The molecule has 2 aromatic carbocycles. The number of nitrogens with zero attached hydrogens (tertiary/aromatic N) is 1. The van der Waals surface area contributed by atoms with E-state index in [9.17, 15) is 31.1 Å². The predicted octanol–water partition coefficient (Wildman–Crippen LogP) is 7.40. The number of piperidine rings is 1. The number of carbonyl (C=O) groups is 1. The van der Waals surface area contributed by atoms with Crippen molar-refractivity contribution in [3.05, 3.63) is 47.0 Å². The third-order valence-corrected chi connectivity index (χ3v) is 8.45. The molecule has 4 rings (SSSR count). The van der Waals surface area contributed by atoms with Crippen LogP contribution in [0.3, 0.4) is 0 Å². The van der Waals surface area contributed by atoms with Crippen LogP contribution in [0.4, 0.5) is 43.4 Å². The number of halogens is 7. The van der Waals surface area contributed by atoms with Crippen LogP contribution in [0.1, 0.15) is 44.1 Å². The number of hydrogen-bond acceptors (Lipinski definition) is 6. The van der Waals surface area contributed by atoms with E-state index in [0.717, 1.165) is 6.07 Å². The first kappa shape index (κ1) is 31.4. The Hall–Kier alpha value is -2.51. The van der Waals surface area contributed by atoms with E-state index < -0.39 is 17.2 Å². The van der Waals surface area contributed by atoms with Crippen LogP contribution in [0, 0.1) is 0 Å². The van der Waals surface area contributed by atoms with Gasteiger partial charge >= 0.3 is 11.7 Å². The highest BCUT2D eigenvalue weighted by Gasteiger charge is 2.34. The first-order valence-corrected chi connectivity index (χ1v) is 14.4. The van der Waals surface area contributed by atoms with Gasteiger partial charge < -0.3 is 26.0 Å². The maximum absolute atomic E-state index is 13.1. The SMILES string of the molecule is Nc1ccc(NC2CCC(OCC(=O)N3CCC(Nc4ccc(SC(F)(F)F)c(Cl)c4)CC3)CC2)cc1C(F)(F)F. The van der Waals surface area contributed by atoms with Gasteiger partial charge in [-0.05, 0) is 86.7 Å². The van der Waals surface area contributed by atoms with Crippen molar-refractivity contribution in [1.82, 2.24) is 4.90 Å². The zero-order chi connectivity index (χ0) is 29.8. The lowest BCUT2D eigenvalue weighted by atomic mass is 9.92. The van der Waals surface area contributed by atoms with Gasteiger partial charge in [-0.25, -0.2) is 0 Å². The smallest absolute Gasteiger partial charge is 0.398 e. The predicted molar refractivity (Wildman–Crippen MR) is 148 cm³/mol. The minimum atomic E-state index is -4.52. The minimum Gasteiger partial charge on any atom is -0.398 e. The molecule has 0 radical (unpaired) electrons. The minimum absolute atomic E-state index is 0.00346. The van der Waals surface area contributed by atoms with E-state index in [1.54, 1.807) is 11.0 Å². The third kappa shape index (κ3) is 9.24. The first-order valence-electron chi connectivity index (χ1n) is 13.2. The van der Waals surface area contributed by atoms with Crippen LogP contribution >= 0.6 is 23.4 Å². The summed E-state index contributed by atoms with van der Waals surface area (Å²) in [7, 11) is 0. The number of alkyl halides is 6. The van der Waals surface area contributed by atoms with Gasteiger partial charge in [0.05, 0.1) is 16.7 Å². The summed E-state index contributed by atoms with van der Waals surface area (Å²) in [4.78, 5) is 14.4. The Morgan fingerprint density at radius 3 is 2.10 bits per heavy atom. The molecule has 41 heavy (non-hydrogen) atoms. The van der Waals surface area contributed by atoms with Crippen molar-refractivity contribution in [1.29, 1.82) is 0 Å². The molecule has 1 aliphatic carbocycles. The molecule has 0 atom stereocenters. The van der Waals surface area contributed by atoms with E-state index in [-0.39, 0.29) is 58.1 Å². The standard InChI is InChI=1S/C27H31ClF6N4O2S/c28-22-14-19(4-8-24(22)41-27(32,33)34)37-17-9-11-38(12-10-17)25(39)15-40-20-5-1-16(2-6-20)36-18-3-7-23(35)21(13-18)26(29,30)31/h3-4,7-8,13-14,16-17,20,36-37H,1-2,5-6,9-12,15,35H2. The molecule has 1 saturated heterocycles. The third-order valence-electron chi connectivity index (χ3n) is 7.22. The number of hydrogen-bond donors (Lipinski definition) is 3. The summed E-state index contributed by atoms with van der Waals surface area (Å²) in [5.41, 5.74) is 0.869. The number of nitrogen functional groups attached to an aromatic ring is 1. The van der Waals surface area contributed by atoms with Crippen LogP contribution in [0.5, 0.6) is 0 Å². The van der Waals surface area contributed by atoms with E-state index >= 15 is 0 Å². The highest BCUT2D eigenvalue weighted by atomic mass is 35.5. The summed E-state index contributed by atoms with van der Waals surface area (Å²) >= 11 is 5.76. The average Bonchev–Trinajstić information content (AvgIpc) is 2.90. The first-order chi connectivity index (χ1) is 19.3. The van der Waals surface area contributed by atoms with Gasteiger partial charge in [0.1, 0.15) is 6.61 Å². The van der Waals surface area contributed by atoms with Crippen molar-refractivity contribution in [2.24, 2.45) is 0 Å². The maximum Gasteiger partial charge on any atom is 0.446 e. The second-order valence-electron chi connectivity index (χ2n) is 10.2. The Bertz CT molecular complexity index is 1200. The van der Waals surface area contributed by atoms with Crippen LogP contribution in [0.2, 0.25) is 5.02 Å². The number of nitrogens with two attached hydrogens (primary N) is 1. The lowest BCUT2D eigenvalue weighted by Crippen LogP contribution is -2.44. The Labute approximate surface area is 243 Å². The van der Waals surface area contributed by atoms with Crippen molar-refractivity contribution in [2.45, 2.75) is 73.3 Å². The Morgan fingerprint density at radius 1 is 0.927 bits per heavy atom. The van der Waals surface area contributed by atoms with Crippen LogP contribution in [-0.2, 0) is 15.7 Å². The van der Waals surface area contributed by atoms with Crippen molar-refractivity contribution in [3.8, 4) is 0 Å². The summed E-state index contributed by atoms with van der Waals surface area (Å²) in [6.45, 7) is 1.00. The number of rotatable bonds is 8. The number of carbonyl (C=O) groups excluding carboxylic acids is 1. The van der Waals surface area contributed by atoms with Gasteiger partial charge in [-0.3, -0.25) is 4.79 Å². The highest BCUT2D eigenvalue weighted by molar-refractivity contribution is 8.00. The molecule has 0 bridgehead atoms. The molecule has 0 spiro atoms. The number of ether oxygens (including phenoxy) is 1. The van der Waals surface area contributed by atoms with Crippen molar-refractivity contribution in [3.63, 3.8) is 0 Å². The number of anilines is 3. The Morgan fingerprint density at radius 2 is 1.51 bits per heavy atom. The van der Waals surface area contributed by atoms with E-state index in [2.05, 4.69) is 10.6 Å². The monoisotopic (exact) mass is 624 g/mol. The summed E-state index contributed by atoms with van der Waals surface area (Å²) in [6, 6.07) is 8.23. The molecule has 4 N–H and O–H groups in total. The molecule has 6 nitrogen and oxygen atoms in total. The summed E-state index contributed by atoms with van der Waals surface area (Å²) in [5.74, 6) is -0.109. The van der Waals surface area contributed by atoms with Crippen molar-refractivity contribution in [2.75, 3.05) is 36.1 Å². The number of likely N-dealkylation sites (tertiary alicyclic amines) is 1. The molecule has 1 aliphatic heterocycles. The Kier molecular flexibility index (Phi) is 10.1. The average molecular weight is 625 g/mol. The summed E-state index contributed by atoms with van der Waals surface area (Å²) in [5, 5.41) is 6.45. The zero-order valence-electron chi connectivity index (χ0n) is 22.0. The molecule has 1 saturated carbocycles. The highest BCUT2D eigenvalue weighted by Crippen LogP contribution is 2.41. The fourth-order valence-corrected chi connectivity index (χ4v) is 5.93. The van der Waals surface area contributed by atoms with Gasteiger partial charge in [-0.2, -0.15) is 26.3 Å². The fourth-order valence-electron chi connectivity index (χ4n) is 5.09. The van der Waals surface area contributed by atoms with Gasteiger partial charge in [-0.15, -0.1) is 0 Å². The van der Waals surface area contributed by atoms with Crippen molar-refractivity contribution >= 4 is 46.3 Å². The topological polar surface area (TPSA) is 79.6 Å². The quantitative estimate of drug-likeness (QED) is 0.161. The van der Waals surface area contributed by atoms with E-state index in [1.165, 1.54) is 24.3 Å². The van der Waals surface area contributed by atoms with Gasteiger partial charge in [0.2, 0.25) is 5.91 Å². The molecular weight excluding hydrogens is 594 g/mol. The molecule has 1 heterocycles. The zero-order valence-corrected chi connectivity index (χ0v) is 23.5. The largest absolute Gasteiger partial charge is 0.446 e. The summed E-state index contributed by atoms with van der Waals surface area (Å²) < 4.78 is 83.1. The van der Waals surface area contributed by atoms with E-state index in [0.29, 0.717) is 63.0 Å². The van der Waals surface area contributed by atoms with Gasteiger partial charge in [0.15, 0.2) is 0 Å². The molecule has 0 aromatic heterocycles. The maximum atomic E-state index is 13.1. The molecule has 2 aliphatic rings. The molecule has 226 valence electrons. The van der Waals surface area contributed by atoms with Crippen LogP contribution in [0.25, 0.3) is 0 Å². The van der Waals surface area contributed by atoms with Gasteiger partial charge in [-0.1, -0.05) is 11.6 Å². The molecule has 14 heteroatoms. The molecule has 2 aromatic rings. The van der Waals surface area contributed by atoms with Crippen LogP contribution in [-0.4, -0.2) is 54.2 Å². The number of thioether (sulfide) groups is 1. The number of benzene rings is 2. The second kappa shape index (κ2) is 13.2. The normalized spacial score (nSPS) is 20.6.